The van der Waals surface area contributed by atoms with E-state index in [2.05, 4.69) is 32.9 Å². The van der Waals surface area contributed by atoms with Crippen LogP contribution in [0.4, 0.5) is 4.39 Å². The first-order valence-corrected chi connectivity index (χ1v) is 11.2. The van der Waals surface area contributed by atoms with Crippen molar-refractivity contribution in [2.75, 3.05) is 0 Å². The average Bonchev–Trinajstić information content (AvgIpc) is 2.78. The number of hydrogen-bond acceptors (Lipinski definition) is 2. The minimum atomic E-state index is -0.951. The molecule has 4 heteroatoms. The maximum atomic E-state index is 13.3. The standard InChI is InChI=1S/C28H29FO3/c1-17-4-5-18(2)25-15-26(19(3)14-24(17)25)27(21-8-10-22(11-9-21)28(30)31)32-16-20-6-12-23(29)13-7-20/h6-15,17-18,27H,4-5,16H2,1-3H3,(H,30,31). The van der Waals surface area contributed by atoms with Gasteiger partial charge in [0.05, 0.1) is 12.2 Å². The molecule has 1 aliphatic rings. The number of ether oxygens (including phenoxy) is 1. The molecule has 4 rings (SSSR count). The van der Waals surface area contributed by atoms with Crippen molar-refractivity contribution in [2.45, 2.75) is 58.2 Å². The van der Waals surface area contributed by atoms with E-state index in [1.54, 1.807) is 24.3 Å². The predicted octanol–water partition coefficient (Wildman–Crippen LogP) is 7.14. The van der Waals surface area contributed by atoms with Gasteiger partial charge in [-0.05, 0) is 89.2 Å². The van der Waals surface area contributed by atoms with Gasteiger partial charge in [-0.25, -0.2) is 9.18 Å². The van der Waals surface area contributed by atoms with Crippen molar-refractivity contribution in [3.05, 3.63) is 105 Å². The van der Waals surface area contributed by atoms with Crippen molar-refractivity contribution in [3.8, 4) is 0 Å². The van der Waals surface area contributed by atoms with E-state index in [-0.39, 0.29) is 17.5 Å². The molecule has 0 saturated heterocycles. The lowest BCUT2D eigenvalue weighted by atomic mass is 9.76. The molecule has 166 valence electrons. The van der Waals surface area contributed by atoms with Gasteiger partial charge in [-0.1, -0.05) is 50.2 Å². The molecule has 1 N–H and O–H groups in total. The number of fused-ring (bicyclic) bond motifs is 1. The van der Waals surface area contributed by atoms with Gasteiger partial charge in [-0.2, -0.15) is 0 Å². The van der Waals surface area contributed by atoms with Gasteiger partial charge in [-0.3, -0.25) is 0 Å². The Morgan fingerprint density at radius 1 is 1.00 bits per heavy atom. The second-order valence-corrected chi connectivity index (χ2v) is 8.96. The Kier molecular flexibility index (Phi) is 6.43. The van der Waals surface area contributed by atoms with Gasteiger partial charge >= 0.3 is 5.97 Å². The van der Waals surface area contributed by atoms with Gasteiger partial charge in [0.15, 0.2) is 0 Å². The van der Waals surface area contributed by atoms with E-state index in [1.165, 1.54) is 36.1 Å². The Bertz CT molecular complexity index is 1100. The van der Waals surface area contributed by atoms with E-state index in [0.717, 1.165) is 22.3 Å². The molecule has 0 amide bonds. The molecule has 0 fully saturated rings. The molecule has 0 aliphatic heterocycles. The van der Waals surface area contributed by atoms with Crippen LogP contribution in [0.5, 0.6) is 0 Å². The minimum absolute atomic E-state index is 0.246. The Labute approximate surface area is 188 Å². The van der Waals surface area contributed by atoms with Crippen molar-refractivity contribution in [2.24, 2.45) is 0 Å². The first kappa shape index (κ1) is 22.2. The second-order valence-electron chi connectivity index (χ2n) is 8.96. The zero-order chi connectivity index (χ0) is 22.8. The first-order valence-electron chi connectivity index (χ1n) is 11.2. The van der Waals surface area contributed by atoms with Crippen LogP contribution in [0.15, 0.2) is 60.7 Å². The summed E-state index contributed by atoms with van der Waals surface area (Å²) in [6.07, 6.45) is 2.02. The fourth-order valence-electron chi connectivity index (χ4n) is 4.64. The van der Waals surface area contributed by atoms with Gasteiger partial charge in [0, 0.05) is 0 Å². The van der Waals surface area contributed by atoms with Crippen LogP contribution >= 0.6 is 0 Å². The molecule has 0 spiro atoms. The van der Waals surface area contributed by atoms with Gasteiger partial charge in [0.25, 0.3) is 0 Å². The van der Waals surface area contributed by atoms with Crippen LogP contribution in [0, 0.1) is 12.7 Å². The molecule has 0 bridgehead atoms. The van der Waals surface area contributed by atoms with E-state index in [4.69, 9.17) is 4.74 Å². The summed E-state index contributed by atoms with van der Waals surface area (Å²) in [5.41, 5.74) is 7.08. The molecule has 3 aromatic carbocycles. The van der Waals surface area contributed by atoms with Crippen LogP contribution < -0.4 is 0 Å². The Morgan fingerprint density at radius 2 is 1.59 bits per heavy atom. The lowest BCUT2D eigenvalue weighted by Gasteiger charge is -2.31. The molecule has 3 nitrogen and oxygen atoms in total. The second kappa shape index (κ2) is 9.25. The normalized spacial score (nSPS) is 18.8. The SMILES string of the molecule is Cc1cc2c(cc1C(OCc1ccc(F)cc1)c1ccc(C(=O)O)cc1)C(C)CCC2C. The maximum Gasteiger partial charge on any atom is 0.335 e. The molecule has 0 heterocycles. The lowest BCUT2D eigenvalue weighted by molar-refractivity contribution is 0.0658. The summed E-state index contributed by atoms with van der Waals surface area (Å²) in [5, 5.41) is 9.27. The Balaban J connectivity index is 1.73. The van der Waals surface area contributed by atoms with E-state index < -0.39 is 5.97 Å². The highest BCUT2D eigenvalue weighted by Crippen LogP contribution is 2.42. The quantitative estimate of drug-likeness (QED) is 0.450. The summed E-state index contributed by atoms with van der Waals surface area (Å²) in [6.45, 7) is 7.01. The molecule has 3 atom stereocenters. The average molecular weight is 433 g/mol. The Hall–Kier alpha value is -2.98. The van der Waals surface area contributed by atoms with Crippen LogP contribution in [0.2, 0.25) is 0 Å². The summed E-state index contributed by atoms with van der Waals surface area (Å²) in [7, 11) is 0. The van der Waals surface area contributed by atoms with Crippen molar-refractivity contribution in [1.82, 2.24) is 0 Å². The molecule has 0 aromatic heterocycles. The van der Waals surface area contributed by atoms with Crippen molar-refractivity contribution in [3.63, 3.8) is 0 Å². The van der Waals surface area contributed by atoms with Crippen LogP contribution in [-0.4, -0.2) is 11.1 Å². The van der Waals surface area contributed by atoms with Crippen molar-refractivity contribution < 1.29 is 19.0 Å². The number of carboxylic acid groups (broad SMARTS) is 1. The van der Waals surface area contributed by atoms with Gasteiger partial charge in [0.1, 0.15) is 11.9 Å². The van der Waals surface area contributed by atoms with Gasteiger partial charge in [-0.15, -0.1) is 0 Å². The van der Waals surface area contributed by atoms with E-state index in [1.807, 2.05) is 12.1 Å². The fraction of sp³-hybridized carbons (Fsp3) is 0.321. The van der Waals surface area contributed by atoms with E-state index in [9.17, 15) is 14.3 Å². The van der Waals surface area contributed by atoms with Crippen LogP contribution in [0.25, 0.3) is 0 Å². The third-order valence-electron chi connectivity index (χ3n) is 6.64. The summed E-state index contributed by atoms with van der Waals surface area (Å²) in [6, 6.07) is 17.8. The summed E-state index contributed by atoms with van der Waals surface area (Å²) < 4.78 is 19.7. The zero-order valence-corrected chi connectivity index (χ0v) is 18.8. The third-order valence-corrected chi connectivity index (χ3v) is 6.64. The smallest absolute Gasteiger partial charge is 0.335 e. The van der Waals surface area contributed by atoms with Crippen LogP contribution in [-0.2, 0) is 11.3 Å². The summed E-state index contributed by atoms with van der Waals surface area (Å²) in [4.78, 5) is 11.3. The van der Waals surface area contributed by atoms with Gasteiger partial charge in [0.2, 0.25) is 0 Å². The van der Waals surface area contributed by atoms with Gasteiger partial charge < -0.3 is 9.84 Å². The van der Waals surface area contributed by atoms with Crippen molar-refractivity contribution >= 4 is 5.97 Å². The lowest BCUT2D eigenvalue weighted by Crippen LogP contribution is -2.15. The number of halogens is 1. The molecule has 0 radical (unpaired) electrons. The molecular weight excluding hydrogens is 403 g/mol. The highest BCUT2D eigenvalue weighted by Gasteiger charge is 2.26. The van der Waals surface area contributed by atoms with Crippen LogP contribution in [0.1, 0.15) is 88.4 Å². The topological polar surface area (TPSA) is 46.5 Å². The van der Waals surface area contributed by atoms with E-state index in [0.29, 0.717) is 18.4 Å². The monoisotopic (exact) mass is 432 g/mol. The number of hydrogen-bond donors (Lipinski definition) is 1. The molecule has 0 saturated carbocycles. The highest BCUT2D eigenvalue weighted by molar-refractivity contribution is 5.87. The van der Waals surface area contributed by atoms with E-state index >= 15 is 0 Å². The molecule has 32 heavy (non-hydrogen) atoms. The number of rotatable bonds is 6. The van der Waals surface area contributed by atoms with Crippen LogP contribution in [0.3, 0.4) is 0 Å². The number of carbonyl (C=O) groups is 1. The summed E-state index contributed by atoms with van der Waals surface area (Å²) >= 11 is 0. The third kappa shape index (κ3) is 4.61. The number of benzene rings is 3. The minimum Gasteiger partial charge on any atom is -0.478 e. The fourth-order valence-corrected chi connectivity index (χ4v) is 4.64. The number of carboxylic acids is 1. The number of aromatic carboxylic acids is 1. The maximum absolute atomic E-state index is 13.3. The highest BCUT2D eigenvalue weighted by atomic mass is 19.1. The molecular formula is C28H29FO3. The molecule has 3 aromatic rings. The number of aryl methyl sites for hydroxylation is 1. The molecule has 3 unspecified atom stereocenters. The Morgan fingerprint density at radius 3 is 2.19 bits per heavy atom. The summed E-state index contributed by atoms with van der Waals surface area (Å²) in [5.74, 6) is -0.189. The first-order chi connectivity index (χ1) is 15.3. The molecule has 1 aliphatic carbocycles. The largest absolute Gasteiger partial charge is 0.478 e. The zero-order valence-electron chi connectivity index (χ0n) is 18.8. The predicted molar refractivity (Wildman–Crippen MR) is 124 cm³/mol. The van der Waals surface area contributed by atoms with Crippen molar-refractivity contribution in [1.29, 1.82) is 0 Å².